The number of nitrogens with zero attached hydrogens (tertiary/aromatic N) is 5. The Kier molecular flexibility index (Phi) is 4.06. The fourth-order valence-corrected chi connectivity index (χ4v) is 4.84. The molecule has 1 aliphatic heterocycles. The molecule has 1 N–H and O–H groups in total. The summed E-state index contributed by atoms with van der Waals surface area (Å²) in [6.45, 7) is 1.75. The van der Waals surface area contributed by atoms with Gasteiger partial charge in [-0.2, -0.15) is 4.31 Å². The molecule has 10 heteroatoms. The van der Waals surface area contributed by atoms with Gasteiger partial charge in [-0.1, -0.05) is 23.7 Å². The number of sulfonamides is 1. The van der Waals surface area contributed by atoms with E-state index in [0.29, 0.717) is 31.8 Å². The topological polar surface area (TPSA) is 95.1 Å². The molecule has 0 amide bonds. The van der Waals surface area contributed by atoms with E-state index in [1.807, 2.05) is 4.90 Å². The minimum atomic E-state index is -3.61. The van der Waals surface area contributed by atoms with Crippen LogP contribution >= 0.6 is 11.6 Å². The molecule has 0 unspecified atom stereocenters. The van der Waals surface area contributed by atoms with Gasteiger partial charge in [0.25, 0.3) is 0 Å². The Hall–Kier alpha value is -2.23. The van der Waals surface area contributed by atoms with Crippen LogP contribution in [0.3, 0.4) is 0 Å². The molecule has 3 aromatic rings. The minimum Gasteiger partial charge on any atom is -0.352 e. The number of anilines is 1. The van der Waals surface area contributed by atoms with Crippen molar-refractivity contribution in [1.82, 2.24) is 24.2 Å². The third-order valence-electron chi connectivity index (χ3n) is 4.20. The summed E-state index contributed by atoms with van der Waals surface area (Å²) < 4.78 is 27.1. The third-order valence-corrected chi connectivity index (χ3v) is 6.59. The van der Waals surface area contributed by atoms with E-state index in [9.17, 15) is 8.42 Å². The standard InChI is InChI=1S/C15H15ClN6O2S/c16-11-3-1-2-4-12(11)25(23,24)22-7-5-21(6-8-22)15-13-14(18-9-17-13)19-10-20-15/h1-4,9-10H,5-8H2,(H,17,18,19,20). The van der Waals surface area contributed by atoms with Gasteiger partial charge in [0.1, 0.15) is 16.7 Å². The van der Waals surface area contributed by atoms with Gasteiger partial charge >= 0.3 is 0 Å². The lowest BCUT2D eigenvalue weighted by atomic mass is 10.3. The zero-order valence-corrected chi connectivity index (χ0v) is 14.7. The van der Waals surface area contributed by atoms with Crippen LogP contribution in [0, 0.1) is 0 Å². The number of aromatic nitrogens is 4. The summed E-state index contributed by atoms with van der Waals surface area (Å²) >= 11 is 6.06. The van der Waals surface area contributed by atoms with E-state index in [4.69, 9.17) is 11.6 Å². The van der Waals surface area contributed by atoms with Gasteiger partial charge in [-0.3, -0.25) is 0 Å². The maximum atomic E-state index is 12.8. The maximum Gasteiger partial charge on any atom is 0.244 e. The van der Waals surface area contributed by atoms with Crippen LogP contribution < -0.4 is 4.90 Å². The Morgan fingerprint density at radius 3 is 2.56 bits per heavy atom. The van der Waals surface area contributed by atoms with Gasteiger partial charge in [0.15, 0.2) is 11.5 Å². The van der Waals surface area contributed by atoms with Gasteiger partial charge in [-0.05, 0) is 12.1 Å². The molecule has 1 saturated heterocycles. The van der Waals surface area contributed by atoms with Crippen LogP contribution in [0.15, 0.2) is 41.8 Å². The monoisotopic (exact) mass is 378 g/mol. The molecule has 0 aliphatic carbocycles. The summed E-state index contributed by atoms with van der Waals surface area (Å²) in [6, 6.07) is 6.50. The highest BCUT2D eigenvalue weighted by Crippen LogP contribution is 2.26. The molecule has 0 spiro atoms. The molecule has 3 heterocycles. The Bertz CT molecular complexity index is 1010. The number of fused-ring (bicyclic) bond motifs is 1. The van der Waals surface area contributed by atoms with Crippen LogP contribution in [0.5, 0.6) is 0 Å². The second kappa shape index (κ2) is 6.25. The third kappa shape index (κ3) is 2.84. The molecule has 25 heavy (non-hydrogen) atoms. The van der Waals surface area contributed by atoms with Gasteiger partial charge in [0.2, 0.25) is 10.0 Å². The molecule has 0 atom stereocenters. The number of halogens is 1. The maximum absolute atomic E-state index is 12.8. The van der Waals surface area contributed by atoms with Gasteiger partial charge in [0.05, 0.1) is 11.3 Å². The Morgan fingerprint density at radius 2 is 1.80 bits per heavy atom. The predicted octanol–water partition coefficient (Wildman–Crippen LogP) is 1.52. The molecule has 4 rings (SSSR count). The quantitative estimate of drug-likeness (QED) is 0.742. The van der Waals surface area contributed by atoms with Crippen LogP contribution in [-0.4, -0.2) is 58.8 Å². The average Bonchev–Trinajstić information content (AvgIpc) is 3.11. The van der Waals surface area contributed by atoms with Crippen LogP contribution in [0.25, 0.3) is 11.2 Å². The highest BCUT2D eigenvalue weighted by molar-refractivity contribution is 7.89. The first-order valence-corrected chi connectivity index (χ1v) is 9.53. The summed E-state index contributed by atoms with van der Waals surface area (Å²) in [6.07, 6.45) is 3.03. The van der Waals surface area contributed by atoms with Gasteiger partial charge in [0, 0.05) is 26.2 Å². The second-order valence-electron chi connectivity index (χ2n) is 5.62. The van der Waals surface area contributed by atoms with Crippen molar-refractivity contribution in [2.24, 2.45) is 0 Å². The lowest BCUT2D eigenvalue weighted by molar-refractivity contribution is 0.384. The zero-order chi connectivity index (χ0) is 17.4. The molecule has 1 aromatic carbocycles. The number of aromatic amines is 1. The van der Waals surface area contributed by atoms with E-state index >= 15 is 0 Å². The average molecular weight is 379 g/mol. The van der Waals surface area contributed by atoms with Gasteiger partial charge < -0.3 is 9.88 Å². The van der Waals surface area contributed by atoms with Crippen LogP contribution in [0.2, 0.25) is 5.02 Å². The van der Waals surface area contributed by atoms with E-state index in [1.165, 1.54) is 16.7 Å². The van der Waals surface area contributed by atoms with Crippen molar-refractivity contribution in [3.63, 3.8) is 0 Å². The van der Waals surface area contributed by atoms with E-state index in [1.54, 1.807) is 24.5 Å². The molecule has 8 nitrogen and oxygen atoms in total. The van der Waals surface area contributed by atoms with Gasteiger partial charge in [-0.25, -0.2) is 23.4 Å². The fourth-order valence-electron chi connectivity index (χ4n) is 2.93. The minimum absolute atomic E-state index is 0.142. The molecule has 0 bridgehead atoms. The number of hydrogen-bond donors (Lipinski definition) is 1. The van der Waals surface area contributed by atoms with E-state index < -0.39 is 10.0 Å². The van der Waals surface area contributed by atoms with Crippen molar-refractivity contribution < 1.29 is 8.42 Å². The van der Waals surface area contributed by atoms with Crippen molar-refractivity contribution in [3.8, 4) is 0 Å². The molecular formula is C15H15ClN6O2S. The van der Waals surface area contributed by atoms with Gasteiger partial charge in [-0.15, -0.1) is 0 Å². The van der Waals surface area contributed by atoms with Crippen molar-refractivity contribution in [3.05, 3.63) is 41.9 Å². The Morgan fingerprint density at radius 1 is 1.04 bits per heavy atom. The number of piperazine rings is 1. The smallest absolute Gasteiger partial charge is 0.244 e. The Labute approximate surface area is 149 Å². The molecule has 1 fully saturated rings. The van der Waals surface area contributed by atoms with Crippen molar-refractivity contribution >= 4 is 38.6 Å². The highest BCUT2D eigenvalue weighted by atomic mass is 35.5. The molecule has 0 radical (unpaired) electrons. The molecule has 130 valence electrons. The van der Waals surface area contributed by atoms with E-state index in [-0.39, 0.29) is 9.92 Å². The lowest BCUT2D eigenvalue weighted by Crippen LogP contribution is -2.49. The predicted molar refractivity (Wildman–Crippen MR) is 94.1 cm³/mol. The summed E-state index contributed by atoms with van der Waals surface area (Å²) in [4.78, 5) is 17.7. The lowest BCUT2D eigenvalue weighted by Gasteiger charge is -2.34. The van der Waals surface area contributed by atoms with E-state index in [2.05, 4.69) is 19.9 Å². The number of imidazole rings is 1. The SMILES string of the molecule is O=S(=O)(c1ccccc1Cl)N1CCN(c2ncnc3nc[nH]c23)CC1. The largest absolute Gasteiger partial charge is 0.352 e. The zero-order valence-electron chi connectivity index (χ0n) is 13.1. The summed E-state index contributed by atoms with van der Waals surface area (Å²) in [5, 5.41) is 0.236. The first kappa shape index (κ1) is 16.2. The normalized spacial score (nSPS) is 16.4. The fraction of sp³-hybridized carbons (Fsp3) is 0.267. The first-order chi connectivity index (χ1) is 12.1. The van der Waals surface area contributed by atoms with Crippen LogP contribution in [-0.2, 0) is 10.0 Å². The highest BCUT2D eigenvalue weighted by Gasteiger charge is 2.30. The molecular weight excluding hydrogens is 364 g/mol. The molecule has 0 saturated carbocycles. The number of nitrogens with one attached hydrogen (secondary N) is 1. The number of H-pyrrole nitrogens is 1. The Balaban J connectivity index is 1.56. The summed E-state index contributed by atoms with van der Waals surface area (Å²) in [7, 11) is -3.61. The summed E-state index contributed by atoms with van der Waals surface area (Å²) in [5.74, 6) is 0.734. The van der Waals surface area contributed by atoms with Crippen molar-refractivity contribution in [1.29, 1.82) is 0 Å². The first-order valence-electron chi connectivity index (χ1n) is 7.71. The molecule has 2 aromatic heterocycles. The van der Waals surface area contributed by atoms with Crippen molar-refractivity contribution in [2.45, 2.75) is 4.90 Å². The number of benzene rings is 1. The van der Waals surface area contributed by atoms with Crippen molar-refractivity contribution in [2.75, 3.05) is 31.1 Å². The number of hydrogen-bond acceptors (Lipinski definition) is 6. The molecule has 1 aliphatic rings. The second-order valence-corrected chi connectivity index (χ2v) is 7.93. The number of rotatable bonds is 3. The summed E-state index contributed by atoms with van der Waals surface area (Å²) in [5.41, 5.74) is 1.35. The van der Waals surface area contributed by atoms with Crippen LogP contribution in [0.4, 0.5) is 5.82 Å². The van der Waals surface area contributed by atoms with E-state index in [0.717, 1.165) is 11.3 Å². The van der Waals surface area contributed by atoms with Crippen LogP contribution in [0.1, 0.15) is 0 Å².